The lowest BCUT2D eigenvalue weighted by Gasteiger charge is -2.02. The molecule has 0 saturated carbocycles. The Morgan fingerprint density at radius 1 is 0.882 bits per heavy atom. The lowest BCUT2D eigenvalue weighted by molar-refractivity contribution is -0.131. The van der Waals surface area contributed by atoms with Gasteiger partial charge in [-0.25, -0.2) is 0 Å². The lowest BCUT2D eigenvalue weighted by Crippen LogP contribution is -2.03. The first-order chi connectivity index (χ1) is 8.27. The van der Waals surface area contributed by atoms with Gasteiger partial charge in [0.1, 0.15) is 0 Å². The molecule has 0 amide bonds. The maximum Gasteiger partial charge on any atom is 0.288 e. The highest BCUT2D eigenvalue weighted by Crippen LogP contribution is 2.11. The van der Waals surface area contributed by atoms with E-state index in [0.717, 1.165) is 6.04 Å². The van der Waals surface area contributed by atoms with Gasteiger partial charge in [-0.1, -0.05) is 71.1 Å². The Morgan fingerprint density at radius 2 is 1.35 bits per heavy atom. The molecule has 0 saturated heterocycles. The van der Waals surface area contributed by atoms with E-state index in [1.54, 1.807) is 0 Å². The van der Waals surface area contributed by atoms with Gasteiger partial charge < -0.3 is 4.43 Å². The molecule has 0 atom stereocenters. The largest absolute Gasteiger partial charge is 0.525 e. The zero-order valence-corrected chi connectivity index (χ0v) is 13.2. The molecule has 0 fully saturated rings. The first kappa shape index (κ1) is 16.7. The molecule has 0 aliphatic rings. The van der Waals surface area contributed by atoms with Crippen LogP contribution in [0.5, 0.6) is 0 Å². The van der Waals surface area contributed by atoms with Crippen molar-refractivity contribution in [1.29, 1.82) is 0 Å². The van der Waals surface area contributed by atoms with Crippen molar-refractivity contribution in [3.63, 3.8) is 0 Å². The van der Waals surface area contributed by atoms with Gasteiger partial charge in [0.25, 0.3) is 5.97 Å². The highest BCUT2D eigenvalue weighted by molar-refractivity contribution is 6.30. The molecule has 102 valence electrons. The molecule has 3 heteroatoms. The van der Waals surface area contributed by atoms with Crippen molar-refractivity contribution < 1.29 is 9.22 Å². The van der Waals surface area contributed by atoms with Gasteiger partial charge in [-0.3, -0.25) is 4.79 Å². The SMILES string of the molecule is CCCCCCCCCCCC[SiH2]OC(C)=O. The molecule has 0 rings (SSSR count). The molecule has 0 aromatic carbocycles. The predicted octanol–water partition coefficient (Wildman–Crippen LogP) is 3.97. The average Bonchev–Trinajstić information content (AvgIpc) is 2.30. The van der Waals surface area contributed by atoms with Gasteiger partial charge in [0.2, 0.25) is 9.76 Å². The van der Waals surface area contributed by atoms with Crippen LogP contribution in [0, 0.1) is 0 Å². The molecular weight excluding hydrogens is 228 g/mol. The molecule has 0 bridgehead atoms. The summed E-state index contributed by atoms with van der Waals surface area (Å²) in [6.45, 7) is 3.77. The smallest absolute Gasteiger partial charge is 0.288 e. The minimum Gasteiger partial charge on any atom is -0.525 e. The summed E-state index contributed by atoms with van der Waals surface area (Å²) < 4.78 is 5.02. The third-order valence-corrected chi connectivity index (χ3v) is 4.45. The van der Waals surface area contributed by atoms with Crippen LogP contribution >= 0.6 is 0 Å². The van der Waals surface area contributed by atoms with Crippen molar-refractivity contribution in [2.75, 3.05) is 0 Å². The summed E-state index contributed by atoms with van der Waals surface area (Å²) >= 11 is 0. The van der Waals surface area contributed by atoms with Crippen LogP contribution in [-0.2, 0) is 9.22 Å². The fraction of sp³-hybridized carbons (Fsp3) is 0.929. The van der Waals surface area contributed by atoms with E-state index in [1.807, 2.05) is 0 Å². The van der Waals surface area contributed by atoms with Crippen LogP contribution < -0.4 is 0 Å². The van der Waals surface area contributed by atoms with Crippen LogP contribution in [0.3, 0.4) is 0 Å². The van der Waals surface area contributed by atoms with Crippen LogP contribution in [0.25, 0.3) is 0 Å². The van der Waals surface area contributed by atoms with Crippen LogP contribution in [-0.4, -0.2) is 15.7 Å². The third-order valence-electron chi connectivity index (χ3n) is 3.05. The Labute approximate surface area is 109 Å². The zero-order chi connectivity index (χ0) is 12.8. The van der Waals surface area contributed by atoms with E-state index in [9.17, 15) is 4.79 Å². The van der Waals surface area contributed by atoms with Crippen LogP contribution in [0.15, 0.2) is 0 Å². The van der Waals surface area contributed by atoms with Gasteiger partial charge in [-0.2, -0.15) is 0 Å². The van der Waals surface area contributed by atoms with E-state index in [4.69, 9.17) is 4.43 Å². The van der Waals surface area contributed by atoms with Crippen molar-refractivity contribution in [2.24, 2.45) is 0 Å². The zero-order valence-electron chi connectivity index (χ0n) is 11.8. The predicted molar refractivity (Wildman–Crippen MR) is 77.0 cm³/mol. The van der Waals surface area contributed by atoms with Crippen molar-refractivity contribution in [3.05, 3.63) is 0 Å². The molecule has 0 spiro atoms. The van der Waals surface area contributed by atoms with E-state index >= 15 is 0 Å². The Balaban J connectivity index is 2.91. The third kappa shape index (κ3) is 15.7. The van der Waals surface area contributed by atoms with Gasteiger partial charge in [0, 0.05) is 6.92 Å². The Hall–Kier alpha value is -0.313. The van der Waals surface area contributed by atoms with Gasteiger partial charge >= 0.3 is 0 Å². The summed E-state index contributed by atoms with van der Waals surface area (Å²) in [5, 5.41) is 0. The quantitative estimate of drug-likeness (QED) is 0.391. The van der Waals surface area contributed by atoms with Crippen molar-refractivity contribution >= 4 is 15.7 Å². The number of hydrogen-bond acceptors (Lipinski definition) is 2. The number of hydrogen-bond donors (Lipinski definition) is 0. The topological polar surface area (TPSA) is 26.3 Å². The summed E-state index contributed by atoms with van der Waals surface area (Å²) in [4.78, 5) is 10.5. The van der Waals surface area contributed by atoms with Gasteiger partial charge in [0.15, 0.2) is 0 Å². The van der Waals surface area contributed by atoms with Gasteiger partial charge in [-0.15, -0.1) is 0 Å². The molecular formula is C14H30O2Si. The van der Waals surface area contributed by atoms with Crippen molar-refractivity contribution in [3.8, 4) is 0 Å². The minimum atomic E-state index is -0.539. The Bertz CT molecular complexity index is 172. The molecule has 0 radical (unpaired) electrons. The maximum atomic E-state index is 10.5. The van der Waals surface area contributed by atoms with Crippen LogP contribution in [0.1, 0.15) is 78.1 Å². The molecule has 0 N–H and O–H groups in total. The molecule has 0 aliphatic carbocycles. The summed E-state index contributed by atoms with van der Waals surface area (Å²) in [6.07, 6.45) is 13.8. The molecule has 0 aromatic heterocycles. The molecule has 0 aromatic rings. The monoisotopic (exact) mass is 258 g/mol. The van der Waals surface area contributed by atoms with Crippen molar-refractivity contribution in [1.82, 2.24) is 0 Å². The van der Waals surface area contributed by atoms with Gasteiger partial charge in [-0.05, 0) is 6.04 Å². The standard InChI is InChI=1S/C14H30O2Si/c1-3-4-5-6-7-8-9-10-11-12-13-17-16-14(2)15/h3-13,17H2,1-2H3. The molecule has 0 unspecified atom stereocenters. The number of rotatable bonds is 12. The normalized spacial score (nSPS) is 11.2. The second kappa shape index (κ2) is 13.8. The highest BCUT2D eigenvalue weighted by Gasteiger charge is 1.95. The maximum absolute atomic E-state index is 10.5. The first-order valence-electron chi connectivity index (χ1n) is 7.40. The fourth-order valence-corrected chi connectivity index (χ4v) is 2.97. The van der Waals surface area contributed by atoms with E-state index in [0.29, 0.717) is 0 Å². The van der Waals surface area contributed by atoms with E-state index in [1.165, 1.54) is 71.1 Å². The second-order valence-corrected chi connectivity index (χ2v) is 6.28. The highest BCUT2D eigenvalue weighted by atomic mass is 28.2. The molecule has 17 heavy (non-hydrogen) atoms. The minimum absolute atomic E-state index is 0.0938. The Kier molecular flexibility index (Phi) is 13.5. The lowest BCUT2D eigenvalue weighted by atomic mass is 10.1. The Morgan fingerprint density at radius 3 is 1.82 bits per heavy atom. The van der Waals surface area contributed by atoms with E-state index in [2.05, 4.69) is 6.92 Å². The number of carbonyl (C=O) groups excluding carboxylic acids is 1. The summed E-state index contributed by atoms with van der Waals surface area (Å²) in [5.74, 6) is -0.0938. The first-order valence-corrected chi connectivity index (χ1v) is 8.98. The number of unbranched alkanes of at least 4 members (excludes halogenated alkanes) is 9. The van der Waals surface area contributed by atoms with Crippen LogP contribution in [0.2, 0.25) is 6.04 Å². The van der Waals surface area contributed by atoms with Crippen LogP contribution in [0.4, 0.5) is 0 Å². The molecule has 0 heterocycles. The average molecular weight is 258 g/mol. The van der Waals surface area contributed by atoms with E-state index in [-0.39, 0.29) is 5.97 Å². The summed E-state index contributed by atoms with van der Waals surface area (Å²) in [5.41, 5.74) is 0. The molecule has 2 nitrogen and oxygen atoms in total. The van der Waals surface area contributed by atoms with Gasteiger partial charge in [0.05, 0.1) is 0 Å². The van der Waals surface area contributed by atoms with Crippen molar-refractivity contribution in [2.45, 2.75) is 84.1 Å². The summed E-state index contributed by atoms with van der Waals surface area (Å²) in [6, 6.07) is 1.16. The summed E-state index contributed by atoms with van der Waals surface area (Å²) in [7, 11) is -0.539. The molecule has 0 aliphatic heterocycles. The van der Waals surface area contributed by atoms with E-state index < -0.39 is 9.76 Å². The number of carbonyl (C=O) groups is 1. The second-order valence-electron chi connectivity index (χ2n) is 4.88. The fourth-order valence-electron chi connectivity index (χ4n) is 1.98.